The zero-order valence-corrected chi connectivity index (χ0v) is 11.7. The SMILES string of the molecule is O=Cc1ccccc1C(=O)[O-].OCC[NH+](CCO)CCO. The second-order valence-corrected chi connectivity index (χ2v) is 4.16. The Bertz CT molecular complexity index is 409. The average molecular weight is 299 g/mol. The van der Waals surface area contributed by atoms with Gasteiger partial charge < -0.3 is 30.1 Å². The van der Waals surface area contributed by atoms with Gasteiger partial charge in [0.15, 0.2) is 6.29 Å². The van der Waals surface area contributed by atoms with Gasteiger partial charge in [-0.2, -0.15) is 0 Å². The van der Waals surface area contributed by atoms with Gasteiger partial charge >= 0.3 is 0 Å². The Hall–Kier alpha value is -1.80. The lowest BCUT2D eigenvalue weighted by atomic mass is 10.1. The van der Waals surface area contributed by atoms with Gasteiger partial charge in [-0.1, -0.05) is 24.3 Å². The standard InChI is InChI=1S/C8H6O3.C6H15NO3/c9-5-6-3-1-2-4-7(6)8(10)11;8-4-1-7(2-5-9)3-6-10/h1-5H,(H,10,11);8-10H,1-6H2. The fourth-order valence-corrected chi connectivity index (χ4v) is 1.64. The topological polar surface area (TPSA) is 122 Å². The van der Waals surface area contributed by atoms with Crippen LogP contribution in [0.2, 0.25) is 0 Å². The second kappa shape index (κ2) is 12.0. The molecule has 1 rings (SSSR count). The van der Waals surface area contributed by atoms with Crippen LogP contribution in [0.4, 0.5) is 0 Å². The first-order valence-corrected chi connectivity index (χ1v) is 6.52. The van der Waals surface area contributed by atoms with Crippen LogP contribution in [0.1, 0.15) is 20.7 Å². The zero-order chi connectivity index (χ0) is 16.1. The van der Waals surface area contributed by atoms with E-state index in [4.69, 9.17) is 15.3 Å². The summed E-state index contributed by atoms with van der Waals surface area (Å²) in [6, 6.07) is 5.89. The van der Waals surface area contributed by atoms with E-state index in [2.05, 4.69) is 0 Å². The highest BCUT2D eigenvalue weighted by Crippen LogP contribution is 2.03. The van der Waals surface area contributed by atoms with Gasteiger partial charge in [-0.15, -0.1) is 0 Å². The number of carboxylic acid groups (broad SMARTS) is 1. The summed E-state index contributed by atoms with van der Waals surface area (Å²) in [6.07, 6.45) is 0.491. The highest BCUT2D eigenvalue weighted by molar-refractivity contribution is 5.95. The Labute approximate surface area is 123 Å². The summed E-state index contributed by atoms with van der Waals surface area (Å²) in [4.78, 5) is 21.6. The molecule has 7 heteroatoms. The predicted octanol–water partition coefficient (Wildman–Crippen LogP) is -3.29. The third kappa shape index (κ3) is 8.16. The minimum absolute atomic E-state index is 0.0671. The third-order valence-electron chi connectivity index (χ3n) is 2.70. The van der Waals surface area contributed by atoms with Crippen molar-refractivity contribution >= 4 is 12.3 Å². The molecular weight excluding hydrogens is 278 g/mol. The van der Waals surface area contributed by atoms with Crippen LogP contribution in [0, 0.1) is 0 Å². The molecule has 0 fully saturated rings. The smallest absolute Gasteiger partial charge is 0.150 e. The van der Waals surface area contributed by atoms with Crippen LogP contribution < -0.4 is 10.0 Å². The maximum atomic E-state index is 10.3. The molecule has 0 bridgehead atoms. The summed E-state index contributed by atoms with van der Waals surface area (Å²) in [5.74, 6) is -1.33. The molecule has 118 valence electrons. The van der Waals surface area contributed by atoms with Crippen molar-refractivity contribution < 1.29 is 34.9 Å². The Balaban J connectivity index is 0.000000384. The van der Waals surface area contributed by atoms with E-state index in [1.807, 2.05) is 0 Å². The van der Waals surface area contributed by atoms with Crippen LogP contribution >= 0.6 is 0 Å². The first-order valence-electron chi connectivity index (χ1n) is 6.52. The van der Waals surface area contributed by atoms with Crippen molar-refractivity contribution in [3.8, 4) is 0 Å². The molecule has 7 nitrogen and oxygen atoms in total. The number of nitrogens with one attached hydrogen (secondary N) is 1. The molecule has 1 aromatic carbocycles. The molecule has 0 unspecified atom stereocenters. The molecule has 1 aromatic rings. The Morgan fingerprint density at radius 2 is 1.52 bits per heavy atom. The van der Waals surface area contributed by atoms with Crippen LogP contribution in [0.5, 0.6) is 0 Å². The van der Waals surface area contributed by atoms with Gasteiger partial charge in [0.2, 0.25) is 0 Å². The van der Waals surface area contributed by atoms with Gasteiger partial charge in [0.05, 0.1) is 25.8 Å². The van der Waals surface area contributed by atoms with Crippen molar-refractivity contribution in [2.24, 2.45) is 0 Å². The highest BCUT2D eigenvalue weighted by atomic mass is 16.4. The van der Waals surface area contributed by atoms with E-state index in [0.29, 0.717) is 25.9 Å². The second-order valence-electron chi connectivity index (χ2n) is 4.16. The van der Waals surface area contributed by atoms with E-state index in [9.17, 15) is 14.7 Å². The quantitative estimate of drug-likeness (QED) is 0.373. The van der Waals surface area contributed by atoms with Crippen LogP contribution in [0.3, 0.4) is 0 Å². The minimum atomic E-state index is -1.33. The van der Waals surface area contributed by atoms with Gasteiger partial charge in [-0.05, 0) is 0 Å². The monoisotopic (exact) mass is 299 g/mol. The Kier molecular flexibility index (Phi) is 11.0. The molecule has 21 heavy (non-hydrogen) atoms. The van der Waals surface area contributed by atoms with Gasteiger partial charge in [-0.25, -0.2) is 0 Å². The van der Waals surface area contributed by atoms with Crippen LogP contribution in [-0.4, -0.2) is 67.0 Å². The maximum absolute atomic E-state index is 10.3. The summed E-state index contributed by atoms with van der Waals surface area (Å²) in [5, 5.41) is 35.8. The number of rotatable bonds is 8. The molecule has 0 aliphatic carbocycles. The number of carbonyl (C=O) groups excluding carboxylic acids is 2. The highest BCUT2D eigenvalue weighted by Gasteiger charge is 2.04. The van der Waals surface area contributed by atoms with E-state index in [1.165, 1.54) is 18.2 Å². The van der Waals surface area contributed by atoms with Crippen LogP contribution in [0.15, 0.2) is 24.3 Å². The number of carboxylic acids is 1. The fraction of sp³-hybridized carbons (Fsp3) is 0.429. The number of hydrogen-bond donors (Lipinski definition) is 4. The van der Waals surface area contributed by atoms with Gasteiger partial charge in [0.25, 0.3) is 0 Å². The first-order chi connectivity index (χ1) is 10.1. The van der Waals surface area contributed by atoms with Gasteiger partial charge in [0.1, 0.15) is 19.6 Å². The molecule has 0 saturated heterocycles. The molecule has 0 radical (unpaired) electrons. The Morgan fingerprint density at radius 1 is 1.05 bits per heavy atom. The largest absolute Gasteiger partial charge is 0.545 e. The van der Waals surface area contributed by atoms with E-state index in [-0.39, 0.29) is 30.9 Å². The lowest BCUT2D eigenvalue weighted by molar-refractivity contribution is -0.901. The predicted molar refractivity (Wildman–Crippen MR) is 73.0 cm³/mol. The number of aliphatic hydroxyl groups is 3. The summed E-state index contributed by atoms with van der Waals surface area (Å²) in [5.41, 5.74) is 0.0787. The van der Waals surface area contributed by atoms with Crippen molar-refractivity contribution in [1.82, 2.24) is 0 Å². The molecule has 4 N–H and O–H groups in total. The molecule has 0 atom stereocenters. The van der Waals surface area contributed by atoms with E-state index < -0.39 is 5.97 Å². The van der Waals surface area contributed by atoms with Crippen molar-refractivity contribution in [1.29, 1.82) is 0 Å². The maximum Gasteiger partial charge on any atom is 0.150 e. The number of aliphatic hydroxyl groups excluding tert-OH is 3. The number of aldehydes is 1. The molecule has 0 spiro atoms. The van der Waals surface area contributed by atoms with Crippen molar-refractivity contribution in [3.05, 3.63) is 35.4 Å². The van der Waals surface area contributed by atoms with E-state index in [1.54, 1.807) is 6.07 Å². The number of carbonyl (C=O) groups is 2. The number of aromatic carboxylic acids is 1. The van der Waals surface area contributed by atoms with E-state index in [0.717, 1.165) is 4.90 Å². The molecule has 0 saturated carbocycles. The molecule has 0 aliphatic heterocycles. The molecule has 0 heterocycles. The lowest BCUT2D eigenvalue weighted by Gasteiger charge is -2.15. The minimum Gasteiger partial charge on any atom is -0.545 e. The third-order valence-corrected chi connectivity index (χ3v) is 2.70. The number of quaternary nitrogens is 1. The summed E-state index contributed by atoms with van der Waals surface area (Å²) in [6.45, 7) is 2.11. The lowest BCUT2D eigenvalue weighted by Crippen LogP contribution is -3.13. The molecule has 0 amide bonds. The zero-order valence-electron chi connectivity index (χ0n) is 11.7. The van der Waals surface area contributed by atoms with Crippen molar-refractivity contribution in [2.75, 3.05) is 39.5 Å². The average Bonchev–Trinajstić information content (AvgIpc) is 2.48. The van der Waals surface area contributed by atoms with Gasteiger partial charge in [-0.3, -0.25) is 4.79 Å². The summed E-state index contributed by atoms with van der Waals surface area (Å²) < 4.78 is 0. The van der Waals surface area contributed by atoms with Crippen LogP contribution in [0.25, 0.3) is 0 Å². The van der Waals surface area contributed by atoms with Gasteiger partial charge in [0, 0.05) is 11.1 Å². The molecule has 0 aromatic heterocycles. The Morgan fingerprint density at radius 3 is 1.86 bits per heavy atom. The molecule has 0 aliphatic rings. The number of hydrogen-bond acceptors (Lipinski definition) is 6. The van der Waals surface area contributed by atoms with Crippen molar-refractivity contribution in [2.45, 2.75) is 0 Å². The number of benzene rings is 1. The van der Waals surface area contributed by atoms with Crippen LogP contribution in [-0.2, 0) is 0 Å². The molecular formula is C14H21NO6. The fourth-order valence-electron chi connectivity index (χ4n) is 1.64. The van der Waals surface area contributed by atoms with Crippen molar-refractivity contribution in [3.63, 3.8) is 0 Å². The normalized spacial score (nSPS) is 9.90. The summed E-state index contributed by atoms with van der Waals surface area (Å²) >= 11 is 0. The van der Waals surface area contributed by atoms with E-state index >= 15 is 0 Å². The first kappa shape index (κ1) is 19.2. The summed E-state index contributed by atoms with van der Waals surface area (Å²) in [7, 11) is 0.